The molecule has 3 aliphatic rings. The Balaban J connectivity index is 1.59. The molecule has 2 heteroatoms. The van der Waals surface area contributed by atoms with E-state index < -0.39 is 0 Å². The van der Waals surface area contributed by atoms with Crippen LogP contribution in [-0.4, -0.2) is 26.3 Å². The minimum absolute atomic E-state index is 0.586. The van der Waals surface area contributed by atoms with Gasteiger partial charge in [-0.25, -0.2) is 0 Å². The first kappa shape index (κ1) is 12.0. The fraction of sp³-hybridized carbons (Fsp3) is 1.00. The molecule has 98 valence electrons. The van der Waals surface area contributed by atoms with Gasteiger partial charge in [-0.05, 0) is 69.2 Å². The lowest BCUT2D eigenvalue weighted by Gasteiger charge is -2.38. The summed E-state index contributed by atoms with van der Waals surface area (Å²) >= 11 is 0. The molecule has 17 heavy (non-hydrogen) atoms. The van der Waals surface area contributed by atoms with Crippen LogP contribution in [0.15, 0.2) is 0 Å². The van der Waals surface area contributed by atoms with Gasteiger partial charge in [0.05, 0.1) is 6.10 Å². The van der Waals surface area contributed by atoms with Crippen LogP contribution in [0.2, 0.25) is 0 Å². The number of hydrogen-bond acceptors (Lipinski definition) is 2. The highest BCUT2D eigenvalue weighted by Gasteiger charge is 2.50. The predicted molar refractivity (Wildman–Crippen MR) is 70.0 cm³/mol. The smallest absolute Gasteiger partial charge is 0.0576 e. The van der Waals surface area contributed by atoms with Gasteiger partial charge < -0.3 is 10.1 Å². The van der Waals surface area contributed by atoms with Gasteiger partial charge in [0.25, 0.3) is 0 Å². The van der Waals surface area contributed by atoms with Gasteiger partial charge in [0.15, 0.2) is 0 Å². The number of ether oxygens (including phenoxy) is 1. The lowest BCUT2D eigenvalue weighted by molar-refractivity contribution is 0.0703. The van der Waals surface area contributed by atoms with Gasteiger partial charge in [-0.3, -0.25) is 0 Å². The van der Waals surface area contributed by atoms with E-state index in [1.165, 1.54) is 57.9 Å². The molecular formula is C15H27NO. The van der Waals surface area contributed by atoms with Crippen LogP contribution in [0.3, 0.4) is 0 Å². The summed E-state index contributed by atoms with van der Waals surface area (Å²) in [5, 5.41) is 3.47. The molecule has 0 aromatic heterocycles. The fourth-order valence-electron chi connectivity index (χ4n) is 4.84. The Hall–Kier alpha value is -0.0800. The van der Waals surface area contributed by atoms with Gasteiger partial charge >= 0.3 is 0 Å². The Bertz CT molecular complexity index is 262. The number of nitrogens with one attached hydrogen (secondary N) is 1. The zero-order valence-electron chi connectivity index (χ0n) is 11.2. The molecule has 1 saturated heterocycles. The van der Waals surface area contributed by atoms with Crippen LogP contribution >= 0.6 is 0 Å². The molecule has 1 aliphatic heterocycles. The van der Waals surface area contributed by atoms with E-state index in [9.17, 15) is 0 Å². The Morgan fingerprint density at radius 3 is 2.82 bits per heavy atom. The molecule has 3 rings (SSSR count). The Morgan fingerprint density at radius 2 is 2.24 bits per heavy atom. The molecule has 2 aliphatic carbocycles. The summed E-state index contributed by atoms with van der Waals surface area (Å²) in [5.74, 6) is 2.07. The SMILES string of the molecule is CNCC1(CCC2CCCO2)CC2CCC1C2. The zero-order chi connectivity index (χ0) is 11.7. The molecule has 1 heterocycles. The van der Waals surface area contributed by atoms with E-state index in [0.717, 1.165) is 18.4 Å². The van der Waals surface area contributed by atoms with Crippen LogP contribution in [0.4, 0.5) is 0 Å². The molecule has 1 N–H and O–H groups in total. The molecule has 0 amide bonds. The van der Waals surface area contributed by atoms with Crippen LogP contribution < -0.4 is 5.32 Å². The van der Waals surface area contributed by atoms with Crippen LogP contribution in [0, 0.1) is 17.3 Å². The fourth-order valence-corrected chi connectivity index (χ4v) is 4.84. The highest BCUT2D eigenvalue weighted by atomic mass is 16.5. The molecule has 2 nitrogen and oxygen atoms in total. The van der Waals surface area contributed by atoms with Crippen molar-refractivity contribution in [1.82, 2.24) is 5.32 Å². The zero-order valence-corrected chi connectivity index (χ0v) is 11.2. The summed E-state index contributed by atoms with van der Waals surface area (Å²) in [6.07, 6.45) is 11.9. The second kappa shape index (κ2) is 4.89. The van der Waals surface area contributed by atoms with Gasteiger partial charge in [0.1, 0.15) is 0 Å². The Labute approximate surface area is 105 Å². The van der Waals surface area contributed by atoms with Crippen LogP contribution in [0.1, 0.15) is 51.4 Å². The first-order valence-electron chi connectivity index (χ1n) is 7.59. The van der Waals surface area contributed by atoms with Crippen LogP contribution in [0.5, 0.6) is 0 Å². The second-order valence-corrected chi connectivity index (χ2v) is 6.65. The van der Waals surface area contributed by atoms with E-state index in [1.807, 2.05) is 0 Å². The standard InChI is InChI=1S/C15H27NO/c1-16-11-15(7-6-14-3-2-8-17-14)10-12-4-5-13(15)9-12/h12-14,16H,2-11H2,1H3. The minimum Gasteiger partial charge on any atom is -0.378 e. The van der Waals surface area contributed by atoms with Gasteiger partial charge in [-0.2, -0.15) is 0 Å². The Kier molecular flexibility index (Phi) is 3.45. The Morgan fingerprint density at radius 1 is 1.29 bits per heavy atom. The van der Waals surface area contributed by atoms with Crippen molar-refractivity contribution in [2.45, 2.75) is 57.5 Å². The van der Waals surface area contributed by atoms with E-state index >= 15 is 0 Å². The third-order valence-corrected chi connectivity index (χ3v) is 5.62. The van der Waals surface area contributed by atoms with Gasteiger partial charge in [0.2, 0.25) is 0 Å². The van der Waals surface area contributed by atoms with Crippen molar-refractivity contribution in [3.63, 3.8) is 0 Å². The van der Waals surface area contributed by atoms with Crippen molar-refractivity contribution < 1.29 is 4.74 Å². The topological polar surface area (TPSA) is 21.3 Å². The second-order valence-electron chi connectivity index (χ2n) is 6.65. The maximum atomic E-state index is 5.80. The van der Waals surface area contributed by atoms with Crippen molar-refractivity contribution in [1.29, 1.82) is 0 Å². The minimum atomic E-state index is 0.586. The predicted octanol–water partition coefficient (Wildman–Crippen LogP) is 2.97. The van der Waals surface area contributed by atoms with Crippen LogP contribution in [-0.2, 0) is 4.74 Å². The third kappa shape index (κ3) is 2.26. The van der Waals surface area contributed by atoms with Gasteiger partial charge in [0, 0.05) is 13.2 Å². The van der Waals surface area contributed by atoms with E-state index in [2.05, 4.69) is 12.4 Å². The normalized spacial score (nSPS) is 44.6. The number of fused-ring (bicyclic) bond motifs is 2. The summed E-state index contributed by atoms with van der Waals surface area (Å²) < 4.78 is 5.80. The van der Waals surface area contributed by atoms with Crippen molar-refractivity contribution in [3.05, 3.63) is 0 Å². The quantitative estimate of drug-likeness (QED) is 0.793. The molecule has 0 spiro atoms. The monoisotopic (exact) mass is 237 g/mol. The largest absolute Gasteiger partial charge is 0.378 e. The molecule has 4 unspecified atom stereocenters. The highest BCUT2D eigenvalue weighted by molar-refractivity contribution is 5.01. The summed E-state index contributed by atoms with van der Waals surface area (Å²) in [6, 6.07) is 0. The first-order chi connectivity index (χ1) is 8.32. The molecule has 3 fully saturated rings. The molecule has 0 aromatic rings. The van der Waals surface area contributed by atoms with E-state index in [4.69, 9.17) is 4.74 Å². The molecule has 4 atom stereocenters. The van der Waals surface area contributed by atoms with Gasteiger partial charge in [-0.1, -0.05) is 6.42 Å². The summed E-state index contributed by atoms with van der Waals surface area (Å²) in [7, 11) is 2.12. The highest BCUT2D eigenvalue weighted by Crippen LogP contribution is 2.57. The van der Waals surface area contributed by atoms with Gasteiger partial charge in [-0.15, -0.1) is 0 Å². The van der Waals surface area contributed by atoms with E-state index in [-0.39, 0.29) is 0 Å². The maximum Gasteiger partial charge on any atom is 0.0576 e. The van der Waals surface area contributed by atoms with E-state index in [0.29, 0.717) is 11.5 Å². The van der Waals surface area contributed by atoms with Crippen molar-refractivity contribution in [2.75, 3.05) is 20.2 Å². The average Bonchev–Trinajstić information content (AvgIpc) is 3.03. The maximum absolute atomic E-state index is 5.80. The summed E-state index contributed by atoms with van der Waals surface area (Å²) in [6.45, 7) is 2.25. The van der Waals surface area contributed by atoms with Crippen molar-refractivity contribution >= 4 is 0 Å². The van der Waals surface area contributed by atoms with Crippen molar-refractivity contribution in [3.8, 4) is 0 Å². The molecular weight excluding hydrogens is 210 g/mol. The molecule has 2 bridgehead atoms. The number of hydrogen-bond donors (Lipinski definition) is 1. The third-order valence-electron chi connectivity index (χ3n) is 5.62. The first-order valence-corrected chi connectivity index (χ1v) is 7.59. The van der Waals surface area contributed by atoms with E-state index in [1.54, 1.807) is 0 Å². The van der Waals surface area contributed by atoms with Crippen molar-refractivity contribution in [2.24, 2.45) is 17.3 Å². The average molecular weight is 237 g/mol. The lowest BCUT2D eigenvalue weighted by atomic mass is 9.69. The molecule has 2 saturated carbocycles. The molecule has 0 radical (unpaired) electrons. The summed E-state index contributed by atoms with van der Waals surface area (Å²) in [5.41, 5.74) is 0.629. The summed E-state index contributed by atoms with van der Waals surface area (Å²) in [4.78, 5) is 0. The molecule has 0 aromatic carbocycles. The van der Waals surface area contributed by atoms with Crippen LogP contribution in [0.25, 0.3) is 0 Å². The lowest BCUT2D eigenvalue weighted by Crippen LogP contribution is -2.38. The number of rotatable bonds is 5.